The molecule has 2 nitrogen and oxygen atoms in total. The van der Waals surface area contributed by atoms with Gasteiger partial charge in [-0.1, -0.05) is 6.07 Å². The third-order valence-electron chi connectivity index (χ3n) is 4.01. The number of nitrogens with zero attached hydrogens (tertiary/aromatic N) is 2. The molecule has 1 unspecified atom stereocenters. The molecule has 0 aromatic heterocycles. The van der Waals surface area contributed by atoms with Gasteiger partial charge in [-0.2, -0.15) is 5.26 Å². The number of anilines is 1. The first-order valence-corrected chi connectivity index (χ1v) is 6.98. The van der Waals surface area contributed by atoms with E-state index < -0.39 is 17.5 Å². The zero-order valence-corrected chi connectivity index (χ0v) is 11.7. The van der Waals surface area contributed by atoms with Crippen molar-refractivity contribution in [3.63, 3.8) is 0 Å². The number of hydrogen-bond donors (Lipinski definition) is 0. The van der Waals surface area contributed by atoms with E-state index in [0.29, 0.717) is 25.2 Å². The zero-order valence-electron chi connectivity index (χ0n) is 11.7. The quantitative estimate of drug-likeness (QED) is 0.839. The summed E-state index contributed by atoms with van der Waals surface area (Å²) >= 11 is 0. The van der Waals surface area contributed by atoms with Crippen molar-refractivity contribution in [2.24, 2.45) is 0 Å². The van der Waals surface area contributed by atoms with Crippen LogP contribution >= 0.6 is 0 Å². The van der Waals surface area contributed by atoms with Gasteiger partial charge in [-0.15, -0.1) is 0 Å². The fourth-order valence-corrected chi connectivity index (χ4v) is 2.95. The average molecular weight is 302 g/mol. The van der Waals surface area contributed by atoms with Gasteiger partial charge < -0.3 is 4.90 Å². The lowest BCUT2D eigenvalue weighted by molar-refractivity contribution is 0.533. The number of nitriles is 1. The summed E-state index contributed by atoms with van der Waals surface area (Å²) in [4.78, 5) is 1.76. The van der Waals surface area contributed by atoms with Crippen LogP contribution in [-0.4, -0.2) is 13.1 Å². The Kier molecular flexibility index (Phi) is 3.76. The lowest BCUT2D eigenvalue weighted by Gasteiger charge is -2.20. The normalized spacial score (nSPS) is 17.5. The topological polar surface area (TPSA) is 27.0 Å². The molecule has 0 bridgehead atoms. The van der Waals surface area contributed by atoms with Crippen LogP contribution in [-0.2, 0) is 0 Å². The smallest absolute Gasteiger partial charge is 0.147 e. The Bertz CT molecular complexity index is 732. The van der Waals surface area contributed by atoms with E-state index in [1.54, 1.807) is 4.90 Å². The molecule has 112 valence electrons. The second-order valence-corrected chi connectivity index (χ2v) is 5.34. The number of halogens is 3. The molecule has 2 aromatic rings. The van der Waals surface area contributed by atoms with Crippen molar-refractivity contribution in [3.05, 3.63) is 65.0 Å². The molecule has 3 rings (SSSR count). The molecular formula is C17H13F3N2. The highest BCUT2D eigenvalue weighted by atomic mass is 19.1. The van der Waals surface area contributed by atoms with E-state index in [1.807, 2.05) is 6.07 Å². The molecule has 0 radical (unpaired) electrons. The maximum atomic E-state index is 14.0. The largest absolute Gasteiger partial charge is 0.369 e. The minimum atomic E-state index is -0.563. The molecule has 5 heteroatoms. The number of rotatable bonds is 2. The van der Waals surface area contributed by atoms with Crippen molar-refractivity contribution in [2.45, 2.75) is 12.3 Å². The molecule has 0 amide bonds. The van der Waals surface area contributed by atoms with E-state index in [2.05, 4.69) is 0 Å². The van der Waals surface area contributed by atoms with Crippen molar-refractivity contribution >= 4 is 5.69 Å². The molecule has 1 saturated heterocycles. The fraction of sp³-hybridized carbons (Fsp3) is 0.235. The molecule has 1 aliphatic heterocycles. The van der Waals surface area contributed by atoms with Gasteiger partial charge in [0.25, 0.3) is 0 Å². The average Bonchev–Trinajstić information content (AvgIpc) is 2.96. The maximum absolute atomic E-state index is 14.0. The van der Waals surface area contributed by atoms with Crippen LogP contribution in [0.3, 0.4) is 0 Å². The Hall–Kier alpha value is -2.48. The molecule has 1 heterocycles. The molecular weight excluding hydrogens is 289 g/mol. The molecule has 0 spiro atoms. The number of hydrogen-bond acceptors (Lipinski definition) is 2. The Labute approximate surface area is 126 Å². The summed E-state index contributed by atoms with van der Waals surface area (Å²) in [6, 6.07) is 9.94. The van der Waals surface area contributed by atoms with Gasteiger partial charge in [0.2, 0.25) is 0 Å². The van der Waals surface area contributed by atoms with Crippen molar-refractivity contribution in [2.75, 3.05) is 18.0 Å². The molecule has 22 heavy (non-hydrogen) atoms. The minimum Gasteiger partial charge on any atom is -0.369 e. The Morgan fingerprint density at radius 2 is 1.77 bits per heavy atom. The SMILES string of the molecule is N#Cc1ccc(N2CCC(c3c(F)cccc3F)C2)c(F)c1. The monoisotopic (exact) mass is 302 g/mol. The van der Waals surface area contributed by atoms with Gasteiger partial charge in [0.15, 0.2) is 0 Å². The van der Waals surface area contributed by atoms with Gasteiger partial charge in [0.1, 0.15) is 17.5 Å². The fourth-order valence-electron chi connectivity index (χ4n) is 2.95. The van der Waals surface area contributed by atoms with E-state index in [-0.39, 0.29) is 17.0 Å². The van der Waals surface area contributed by atoms with Gasteiger partial charge in [-0.3, -0.25) is 0 Å². The van der Waals surface area contributed by atoms with Crippen molar-refractivity contribution < 1.29 is 13.2 Å². The summed E-state index contributed by atoms with van der Waals surface area (Å²) in [5, 5.41) is 8.76. The summed E-state index contributed by atoms with van der Waals surface area (Å²) < 4.78 is 41.7. The Morgan fingerprint density at radius 3 is 2.41 bits per heavy atom. The van der Waals surface area contributed by atoms with Gasteiger partial charge in [0, 0.05) is 24.6 Å². The summed E-state index contributed by atoms with van der Waals surface area (Å²) in [6.45, 7) is 0.863. The molecule has 1 aliphatic rings. The van der Waals surface area contributed by atoms with Crippen LogP contribution < -0.4 is 4.90 Å². The minimum absolute atomic E-state index is 0.0686. The van der Waals surface area contributed by atoms with Crippen LogP contribution in [0.4, 0.5) is 18.9 Å². The Balaban J connectivity index is 1.85. The van der Waals surface area contributed by atoms with Crippen LogP contribution in [0.1, 0.15) is 23.5 Å². The second-order valence-electron chi connectivity index (χ2n) is 5.34. The van der Waals surface area contributed by atoms with Gasteiger partial charge in [-0.05, 0) is 36.8 Å². The standard InChI is InChI=1S/C17H13F3N2/c18-13-2-1-3-14(19)17(13)12-6-7-22(10-12)16-5-4-11(9-21)8-15(16)20/h1-5,8,12H,6-7,10H2. The highest BCUT2D eigenvalue weighted by molar-refractivity contribution is 5.52. The molecule has 0 N–H and O–H groups in total. The van der Waals surface area contributed by atoms with Crippen molar-refractivity contribution in [1.29, 1.82) is 5.26 Å². The van der Waals surface area contributed by atoms with Crippen molar-refractivity contribution in [1.82, 2.24) is 0 Å². The summed E-state index contributed by atoms with van der Waals surface area (Å²) in [6.07, 6.45) is 0.553. The zero-order chi connectivity index (χ0) is 15.7. The van der Waals surface area contributed by atoms with Crippen molar-refractivity contribution in [3.8, 4) is 6.07 Å². The maximum Gasteiger partial charge on any atom is 0.147 e. The first kappa shape index (κ1) is 14.5. The van der Waals surface area contributed by atoms with Gasteiger partial charge in [0.05, 0.1) is 17.3 Å². The summed E-state index contributed by atoms with van der Waals surface area (Å²) in [5.74, 6) is -1.93. The van der Waals surface area contributed by atoms with Crippen LogP contribution in [0.5, 0.6) is 0 Å². The van der Waals surface area contributed by atoms with E-state index in [1.165, 1.54) is 36.4 Å². The van der Waals surface area contributed by atoms with E-state index in [0.717, 1.165) is 0 Å². The lowest BCUT2D eigenvalue weighted by Crippen LogP contribution is -2.21. The highest BCUT2D eigenvalue weighted by Gasteiger charge is 2.29. The van der Waals surface area contributed by atoms with E-state index >= 15 is 0 Å². The predicted octanol–water partition coefficient (Wildman–Crippen LogP) is 3.97. The van der Waals surface area contributed by atoms with Gasteiger partial charge in [-0.25, -0.2) is 13.2 Å². The molecule has 0 saturated carbocycles. The summed E-state index contributed by atoms with van der Waals surface area (Å²) in [5.41, 5.74) is 0.675. The van der Waals surface area contributed by atoms with Crippen LogP contribution in [0, 0.1) is 28.8 Å². The van der Waals surface area contributed by atoms with Crippen LogP contribution in [0.2, 0.25) is 0 Å². The molecule has 0 aliphatic carbocycles. The lowest BCUT2D eigenvalue weighted by atomic mass is 9.97. The third kappa shape index (κ3) is 2.52. The Morgan fingerprint density at radius 1 is 1.05 bits per heavy atom. The third-order valence-corrected chi connectivity index (χ3v) is 4.01. The molecule has 1 atom stereocenters. The van der Waals surface area contributed by atoms with Crippen LogP contribution in [0.15, 0.2) is 36.4 Å². The second kappa shape index (κ2) is 5.72. The first-order chi connectivity index (χ1) is 10.6. The first-order valence-electron chi connectivity index (χ1n) is 6.98. The molecule has 2 aromatic carbocycles. The predicted molar refractivity (Wildman–Crippen MR) is 77.0 cm³/mol. The highest BCUT2D eigenvalue weighted by Crippen LogP contribution is 2.34. The summed E-state index contributed by atoms with van der Waals surface area (Å²) in [7, 11) is 0. The number of benzene rings is 2. The van der Waals surface area contributed by atoms with Crippen LogP contribution in [0.25, 0.3) is 0 Å². The molecule has 1 fully saturated rings. The van der Waals surface area contributed by atoms with Gasteiger partial charge >= 0.3 is 0 Å². The van der Waals surface area contributed by atoms with E-state index in [9.17, 15) is 13.2 Å². The van der Waals surface area contributed by atoms with E-state index in [4.69, 9.17) is 5.26 Å².